The van der Waals surface area contributed by atoms with Crippen LogP contribution in [0.2, 0.25) is 0 Å². The Bertz CT molecular complexity index is 765. The van der Waals surface area contributed by atoms with Crippen LogP contribution < -0.4 is 10.1 Å². The van der Waals surface area contributed by atoms with Crippen molar-refractivity contribution >= 4 is 5.91 Å². The minimum absolute atomic E-state index is 0.157. The van der Waals surface area contributed by atoms with Gasteiger partial charge in [-0.15, -0.1) is 0 Å². The molecule has 1 unspecified atom stereocenters. The first-order chi connectivity index (χ1) is 12.2. The van der Waals surface area contributed by atoms with Gasteiger partial charge in [0.25, 0.3) is 5.91 Å². The van der Waals surface area contributed by atoms with Gasteiger partial charge in [0.2, 0.25) is 0 Å². The number of methoxy groups -OCH3 is 1. The van der Waals surface area contributed by atoms with Crippen LogP contribution in [0.3, 0.4) is 0 Å². The molecule has 7 nitrogen and oxygen atoms in total. The fraction of sp³-hybridized carbons (Fsp3) is 0.500. The number of carbonyl (C=O) groups is 1. The highest BCUT2D eigenvalue weighted by atomic mass is 16.5. The molecule has 2 aliphatic rings. The van der Waals surface area contributed by atoms with E-state index in [4.69, 9.17) is 9.15 Å². The zero-order chi connectivity index (χ0) is 17.4. The first-order valence-corrected chi connectivity index (χ1v) is 8.57. The van der Waals surface area contributed by atoms with Crippen LogP contribution in [-0.4, -0.2) is 34.2 Å². The fourth-order valence-corrected chi connectivity index (χ4v) is 3.36. The molecule has 4 rings (SSSR count). The molecular weight excluding hydrogens is 322 g/mol. The predicted molar refractivity (Wildman–Crippen MR) is 88.2 cm³/mol. The number of nitrogens with one attached hydrogen (secondary N) is 1. The van der Waals surface area contributed by atoms with E-state index in [-0.39, 0.29) is 24.0 Å². The molecule has 1 amide bonds. The Balaban J connectivity index is 1.57. The summed E-state index contributed by atoms with van der Waals surface area (Å²) in [5.74, 6) is 1.53. The number of amides is 1. The molecule has 2 aromatic heterocycles. The van der Waals surface area contributed by atoms with E-state index in [9.17, 15) is 9.90 Å². The molecule has 2 heterocycles. The molecule has 0 radical (unpaired) electrons. The van der Waals surface area contributed by atoms with Crippen molar-refractivity contribution in [1.29, 1.82) is 0 Å². The van der Waals surface area contributed by atoms with Gasteiger partial charge in [0, 0.05) is 12.1 Å². The highest BCUT2D eigenvalue weighted by molar-refractivity contribution is 5.93. The van der Waals surface area contributed by atoms with Crippen molar-refractivity contribution in [2.24, 2.45) is 5.92 Å². The molecule has 2 aliphatic carbocycles. The molecule has 2 saturated carbocycles. The molecule has 1 atom stereocenters. The summed E-state index contributed by atoms with van der Waals surface area (Å²) in [7, 11) is 1.58. The zero-order valence-electron chi connectivity index (χ0n) is 14.0. The number of carbonyl (C=O) groups excluding carboxylic acids is 1. The number of nitrogens with zero attached hydrogens (tertiary/aromatic N) is 2. The van der Waals surface area contributed by atoms with Crippen molar-refractivity contribution in [1.82, 2.24) is 15.3 Å². The topological polar surface area (TPSA) is 97.5 Å². The maximum Gasteiger partial charge on any atom is 0.274 e. The van der Waals surface area contributed by atoms with Gasteiger partial charge in [0.15, 0.2) is 12.1 Å². The smallest absolute Gasteiger partial charge is 0.274 e. The molecule has 0 spiro atoms. The molecule has 0 saturated heterocycles. The van der Waals surface area contributed by atoms with Gasteiger partial charge in [-0.05, 0) is 43.2 Å². The molecule has 25 heavy (non-hydrogen) atoms. The molecule has 2 N–H and O–H groups in total. The standard InChI is InChI=1S/C18H21N3O4/c1-24-14-6-12(7-19-8-14)15(11-4-13(22)5-11)21-18(23)16-17(10-2-3-10)25-9-20-16/h6-11,13,15,22H,2-5H2,1H3,(H,21,23). The highest BCUT2D eigenvalue weighted by Gasteiger charge is 2.38. The summed E-state index contributed by atoms with van der Waals surface area (Å²) in [4.78, 5) is 21.1. The summed E-state index contributed by atoms with van der Waals surface area (Å²) in [6.07, 6.45) is 7.74. The largest absolute Gasteiger partial charge is 0.495 e. The van der Waals surface area contributed by atoms with Gasteiger partial charge in [0.1, 0.15) is 11.5 Å². The van der Waals surface area contributed by atoms with Gasteiger partial charge >= 0.3 is 0 Å². The van der Waals surface area contributed by atoms with Crippen molar-refractivity contribution in [3.8, 4) is 5.75 Å². The minimum atomic E-state index is -0.308. The minimum Gasteiger partial charge on any atom is -0.495 e. The molecule has 0 bridgehead atoms. The summed E-state index contributed by atoms with van der Waals surface area (Å²) in [5.41, 5.74) is 1.23. The lowest BCUT2D eigenvalue weighted by Crippen LogP contribution is -2.41. The summed E-state index contributed by atoms with van der Waals surface area (Å²) in [6.45, 7) is 0. The van der Waals surface area contributed by atoms with Gasteiger partial charge in [-0.2, -0.15) is 0 Å². The Kier molecular flexibility index (Phi) is 4.17. The third kappa shape index (κ3) is 3.24. The molecular formula is C18H21N3O4. The lowest BCUT2D eigenvalue weighted by atomic mass is 9.75. The van der Waals surface area contributed by atoms with Crippen LogP contribution in [0.4, 0.5) is 0 Å². The predicted octanol–water partition coefficient (Wildman–Crippen LogP) is 2.20. The zero-order valence-corrected chi connectivity index (χ0v) is 14.0. The number of pyridine rings is 1. The number of hydrogen-bond donors (Lipinski definition) is 2. The van der Waals surface area contributed by atoms with Crippen LogP contribution >= 0.6 is 0 Å². The summed E-state index contributed by atoms with van der Waals surface area (Å²) in [6, 6.07) is 1.62. The van der Waals surface area contributed by atoms with Crippen molar-refractivity contribution in [2.45, 2.75) is 43.7 Å². The van der Waals surface area contributed by atoms with Crippen LogP contribution in [0.1, 0.15) is 59.5 Å². The normalized spacial score (nSPS) is 23.6. The number of ether oxygens (including phenoxy) is 1. The van der Waals surface area contributed by atoms with Gasteiger partial charge in [0.05, 0.1) is 25.5 Å². The molecule has 0 aliphatic heterocycles. The van der Waals surface area contributed by atoms with Crippen LogP contribution in [0.5, 0.6) is 5.75 Å². The second-order valence-electron chi connectivity index (χ2n) is 6.83. The highest BCUT2D eigenvalue weighted by Crippen LogP contribution is 2.42. The number of aliphatic hydroxyl groups excluding tert-OH is 1. The average molecular weight is 343 g/mol. The van der Waals surface area contributed by atoms with Crippen molar-refractivity contribution < 1.29 is 19.1 Å². The van der Waals surface area contributed by atoms with E-state index in [1.165, 1.54) is 6.39 Å². The Morgan fingerprint density at radius 1 is 1.40 bits per heavy atom. The first-order valence-electron chi connectivity index (χ1n) is 8.57. The molecule has 7 heteroatoms. The third-order valence-electron chi connectivity index (χ3n) is 4.99. The van der Waals surface area contributed by atoms with E-state index in [0.717, 1.165) is 18.4 Å². The van der Waals surface area contributed by atoms with Crippen LogP contribution in [0.25, 0.3) is 0 Å². The lowest BCUT2D eigenvalue weighted by molar-refractivity contribution is 0.0233. The SMILES string of the molecule is COc1cncc(C(NC(=O)c2ncoc2C2CC2)C2CC(O)C2)c1. The number of hydrogen-bond acceptors (Lipinski definition) is 6. The number of oxazole rings is 1. The lowest BCUT2D eigenvalue weighted by Gasteiger charge is -2.38. The van der Waals surface area contributed by atoms with Gasteiger partial charge < -0.3 is 19.6 Å². The van der Waals surface area contributed by atoms with E-state index in [0.29, 0.717) is 36.0 Å². The van der Waals surface area contributed by atoms with Crippen LogP contribution in [0.15, 0.2) is 29.3 Å². The maximum absolute atomic E-state index is 12.8. The van der Waals surface area contributed by atoms with E-state index >= 15 is 0 Å². The third-order valence-corrected chi connectivity index (χ3v) is 4.99. The Hall–Kier alpha value is -2.41. The molecule has 0 aromatic carbocycles. The summed E-state index contributed by atoms with van der Waals surface area (Å²) in [5, 5.41) is 12.7. The second-order valence-corrected chi connectivity index (χ2v) is 6.83. The summed E-state index contributed by atoms with van der Waals surface area (Å²) < 4.78 is 10.6. The van der Waals surface area contributed by atoms with E-state index < -0.39 is 0 Å². The fourth-order valence-electron chi connectivity index (χ4n) is 3.36. The number of rotatable bonds is 6. The Morgan fingerprint density at radius 2 is 2.20 bits per heavy atom. The second kappa shape index (κ2) is 6.48. The quantitative estimate of drug-likeness (QED) is 0.834. The van der Waals surface area contributed by atoms with Crippen molar-refractivity contribution in [2.75, 3.05) is 7.11 Å². The van der Waals surface area contributed by atoms with E-state index in [1.807, 2.05) is 6.07 Å². The van der Waals surface area contributed by atoms with E-state index in [2.05, 4.69) is 15.3 Å². The summed E-state index contributed by atoms with van der Waals surface area (Å²) >= 11 is 0. The van der Waals surface area contributed by atoms with Gasteiger partial charge in [-0.1, -0.05) is 0 Å². The van der Waals surface area contributed by atoms with Gasteiger partial charge in [-0.25, -0.2) is 4.98 Å². The molecule has 2 fully saturated rings. The van der Waals surface area contributed by atoms with Crippen LogP contribution in [-0.2, 0) is 0 Å². The molecule has 132 valence electrons. The van der Waals surface area contributed by atoms with E-state index in [1.54, 1.807) is 19.5 Å². The van der Waals surface area contributed by atoms with Crippen molar-refractivity contribution in [3.63, 3.8) is 0 Å². The monoisotopic (exact) mass is 343 g/mol. The van der Waals surface area contributed by atoms with Crippen molar-refractivity contribution in [3.05, 3.63) is 41.9 Å². The Labute approximate surface area is 145 Å². The first kappa shape index (κ1) is 16.1. The van der Waals surface area contributed by atoms with Gasteiger partial charge in [-0.3, -0.25) is 9.78 Å². The Morgan fingerprint density at radius 3 is 2.88 bits per heavy atom. The number of aliphatic hydroxyl groups is 1. The van der Waals surface area contributed by atoms with Crippen LogP contribution in [0, 0.1) is 5.92 Å². The maximum atomic E-state index is 12.8. The average Bonchev–Trinajstić information content (AvgIpc) is 3.33. The number of aromatic nitrogens is 2. The molecule has 2 aromatic rings.